The molecule has 0 unspecified atom stereocenters. The van der Waals surface area contributed by atoms with Crippen LogP contribution in [0.25, 0.3) is 0 Å². The van der Waals surface area contributed by atoms with Crippen molar-refractivity contribution in [2.45, 2.75) is 44.3 Å². The summed E-state index contributed by atoms with van der Waals surface area (Å²) in [5, 5.41) is 0. The summed E-state index contributed by atoms with van der Waals surface area (Å²) < 4.78 is 32.4. The maximum absolute atomic E-state index is 12.2. The molecule has 0 bridgehead atoms. The lowest BCUT2D eigenvalue weighted by Crippen LogP contribution is -2.48. The van der Waals surface area contributed by atoms with Gasteiger partial charge in [-0.2, -0.15) is 0 Å². The van der Waals surface area contributed by atoms with Crippen LogP contribution in [0.2, 0.25) is 0 Å². The molecule has 7 heteroatoms. The largest absolute Gasteiger partial charge is 0.372 e. The molecule has 1 aliphatic heterocycles. The molecule has 0 aromatic heterocycles. The lowest BCUT2D eigenvalue weighted by molar-refractivity contribution is -0.143. The Bertz CT molecular complexity index is 633. The number of sulfonamides is 1. The summed E-state index contributed by atoms with van der Waals surface area (Å²) in [5.74, 6) is -0.0568. The van der Waals surface area contributed by atoms with Gasteiger partial charge >= 0.3 is 0 Å². The fourth-order valence-electron chi connectivity index (χ4n) is 2.63. The second-order valence-electron chi connectivity index (χ2n) is 6.02. The number of aryl methyl sites for hydroxylation is 1. The first-order chi connectivity index (χ1) is 10.8. The number of hydrogen-bond acceptors (Lipinski definition) is 4. The van der Waals surface area contributed by atoms with Crippen molar-refractivity contribution >= 4 is 15.9 Å². The molecule has 0 aliphatic carbocycles. The van der Waals surface area contributed by atoms with Crippen LogP contribution >= 0.6 is 0 Å². The lowest BCUT2D eigenvalue weighted by atomic mass is 10.2. The van der Waals surface area contributed by atoms with E-state index in [2.05, 4.69) is 4.72 Å². The first-order valence-corrected chi connectivity index (χ1v) is 9.26. The van der Waals surface area contributed by atoms with Crippen LogP contribution in [0.1, 0.15) is 25.8 Å². The Morgan fingerprint density at radius 2 is 1.78 bits per heavy atom. The van der Waals surface area contributed by atoms with E-state index in [1.165, 1.54) is 0 Å². The Morgan fingerprint density at radius 1 is 1.22 bits per heavy atom. The predicted octanol–water partition coefficient (Wildman–Crippen LogP) is 1.30. The summed E-state index contributed by atoms with van der Waals surface area (Å²) in [7, 11) is -3.57. The third kappa shape index (κ3) is 5.02. The fraction of sp³-hybridized carbons (Fsp3) is 0.562. The average molecular weight is 340 g/mol. The summed E-state index contributed by atoms with van der Waals surface area (Å²) >= 11 is 0. The Hall–Kier alpha value is -1.44. The van der Waals surface area contributed by atoms with Crippen molar-refractivity contribution in [3.05, 3.63) is 29.8 Å². The first kappa shape index (κ1) is 17.9. The minimum Gasteiger partial charge on any atom is -0.372 e. The minimum absolute atomic E-state index is 0.00644. The van der Waals surface area contributed by atoms with Crippen molar-refractivity contribution in [1.29, 1.82) is 0 Å². The molecule has 1 amide bonds. The molecule has 1 aromatic carbocycles. The van der Waals surface area contributed by atoms with Crippen LogP contribution in [0.4, 0.5) is 0 Å². The van der Waals surface area contributed by atoms with Crippen LogP contribution in [0, 0.1) is 6.92 Å². The zero-order valence-electron chi connectivity index (χ0n) is 13.8. The van der Waals surface area contributed by atoms with Gasteiger partial charge in [-0.15, -0.1) is 0 Å². The van der Waals surface area contributed by atoms with Gasteiger partial charge in [-0.1, -0.05) is 17.7 Å². The monoisotopic (exact) mass is 340 g/mol. The van der Waals surface area contributed by atoms with Crippen molar-refractivity contribution in [2.75, 3.05) is 19.6 Å². The second-order valence-corrected chi connectivity index (χ2v) is 7.78. The molecular formula is C16H24N2O4S. The van der Waals surface area contributed by atoms with E-state index in [1.807, 2.05) is 20.8 Å². The number of ether oxygens (including phenoxy) is 1. The Morgan fingerprint density at radius 3 is 2.35 bits per heavy atom. The Labute approximate surface area is 137 Å². The van der Waals surface area contributed by atoms with E-state index < -0.39 is 10.0 Å². The number of nitrogens with one attached hydrogen (secondary N) is 1. The lowest BCUT2D eigenvalue weighted by Gasteiger charge is -2.35. The average Bonchev–Trinajstić information content (AvgIpc) is 2.46. The highest BCUT2D eigenvalue weighted by molar-refractivity contribution is 7.89. The molecule has 1 saturated heterocycles. The van der Waals surface area contributed by atoms with Crippen LogP contribution in [-0.2, 0) is 19.6 Å². The summed E-state index contributed by atoms with van der Waals surface area (Å²) in [4.78, 5) is 14.1. The highest BCUT2D eigenvalue weighted by Gasteiger charge is 2.25. The van der Waals surface area contributed by atoms with Crippen LogP contribution in [0.5, 0.6) is 0 Å². The maximum atomic E-state index is 12.2. The quantitative estimate of drug-likeness (QED) is 0.877. The Kier molecular flexibility index (Phi) is 5.78. The fourth-order valence-corrected chi connectivity index (χ4v) is 3.66. The number of amides is 1. The van der Waals surface area contributed by atoms with Gasteiger partial charge in [-0.3, -0.25) is 4.79 Å². The van der Waals surface area contributed by atoms with E-state index in [-0.39, 0.29) is 36.0 Å². The van der Waals surface area contributed by atoms with E-state index in [0.29, 0.717) is 13.1 Å². The summed E-state index contributed by atoms with van der Waals surface area (Å²) in [5.41, 5.74) is 0.995. The van der Waals surface area contributed by atoms with Crippen molar-refractivity contribution in [3.63, 3.8) is 0 Å². The highest BCUT2D eigenvalue weighted by atomic mass is 32.2. The molecule has 1 N–H and O–H groups in total. The van der Waals surface area contributed by atoms with E-state index >= 15 is 0 Å². The van der Waals surface area contributed by atoms with Gasteiger partial charge in [-0.25, -0.2) is 13.1 Å². The summed E-state index contributed by atoms with van der Waals surface area (Å²) in [6.45, 7) is 6.94. The van der Waals surface area contributed by atoms with E-state index in [9.17, 15) is 13.2 Å². The van der Waals surface area contributed by atoms with Crippen molar-refractivity contribution in [1.82, 2.24) is 9.62 Å². The zero-order chi connectivity index (χ0) is 17.0. The van der Waals surface area contributed by atoms with Gasteiger partial charge < -0.3 is 9.64 Å². The molecule has 128 valence electrons. The zero-order valence-corrected chi connectivity index (χ0v) is 14.6. The third-order valence-corrected chi connectivity index (χ3v) is 5.21. The van der Waals surface area contributed by atoms with Gasteiger partial charge in [0.25, 0.3) is 0 Å². The molecule has 1 aliphatic rings. The second kappa shape index (κ2) is 7.42. The maximum Gasteiger partial charge on any atom is 0.240 e. The third-order valence-electron chi connectivity index (χ3n) is 3.73. The molecule has 1 heterocycles. The minimum atomic E-state index is -3.57. The molecule has 2 atom stereocenters. The van der Waals surface area contributed by atoms with Gasteiger partial charge in [0, 0.05) is 26.1 Å². The van der Waals surface area contributed by atoms with Crippen LogP contribution in [-0.4, -0.2) is 51.1 Å². The highest BCUT2D eigenvalue weighted by Crippen LogP contribution is 2.12. The molecule has 23 heavy (non-hydrogen) atoms. The summed E-state index contributed by atoms with van der Waals surface area (Å²) in [6, 6.07) is 6.61. The summed E-state index contributed by atoms with van der Waals surface area (Å²) in [6.07, 6.45) is 0.156. The number of rotatable bonds is 5. The molecule has 1 aromatic rings. The van der Waals surface area contributed by atoms with Crippen molar-refractivity contribution in [2.24, 2.45) is 0 Å². The number of nitrogens with zero attached hydrogens (tertiary/aromatic N) is 1. The van der Waals surface area contributed by atoms with Crippen LogP contribution in [0.3, 0.4) is 0 Å². The number of carbonyl (C=O) groups is 1. The van der Waals surface area contributed by atoms with Gasteiger partial charge in [0.15, 0.2) is 0 Å². The van der Waals surface area contributed by atoms with Gasteiger partial charge in [0.05, 0.1) is 17.1 Å². The SMILES string of the molecule is Cc1ccc(S(=O)(=O)NCCC(=O)N2C[C@@H](C)O[C@@H](C)C2)cc1. The molecule has 6 nitrogen and oxygen atoms in total. The first-order valence-electron chi connectivity index (χ1n) is 7.77. The molecule has 0 saturated carbocycles. The number of benzene rings is 1. The van der Waals surface area contributed by atoms with Crippen molar-refractivity contribution in [3.8, 4) is 0 Å². The van der Waals surface area contributed by atoms with Crippen LogP contribution in [0.15, 0.2) is 29.2 Å². The number of hydrogen-bond donors (Lipinski definition) is 1. The number of carbonyl (C=O) groups excluding carboxylic acids is 1. The van der Waals surface area contributed by atoms with Gasteiger partial charge in [-0.05, 0) is 32.9 Å². The van der Waals surface area contributed by atoms with E-state index in [4.69, 9.17) is 4.74 Å². The smallest absolute Gasteiger partial charge is 0.240 e. The normalized spacial score (nSPS) is 22.1. The van der Waals surface area contributed by atoms with Gasteiger partial charge in [0.2, 0.25) is 15.9 Å². The standard InChI is InChI=1S/C16H24N2O4S/c1-12-4-6-15(7-5-12)23(20,21)17-9-8-16(19)18-10-13(2)22-14(3)11-18/h4-7,13-14,17H,8-11H2,1-3H3/t13-,14+. The number of morpholine rings is 1. The van der Waals surface area contributed by atoms with Gasteiger partial charge in [0.1, 0.15) is 0 Å². The molecule has 2 rings (SSSR count). The molecule has 1 fully saturated rings. The topological polar surface area (TPSA) is 75.7 Å². The van der Waals surface area contributed by atoms with Crippen molar-refractivity contribution < 1.29 is 17.9 Å². The molecule has 0 radical (unpaired) electrons. The van der Waals surface area contributed by atoms with E-state index in [1.54, 1.807) is 29.2 Å². The van der Waals surface area contributed by atoms with E-state index in [0.717, 1.165) is 5.56 Å². The Balaban J connectivity index is 1.86. The van der Waals surface area contributed by atoms with Crippen LogP contribution < -0.4 is 4.72 Å². The predicted molar refractivity (Wildman–Crippen MR) is 87.6 cm³/mol. The molecule has 0 spiro atoms. The molecular weight excluding hydrogens is 316 g/mol.